The maximum absolute atomic E-state index is 13.3. The minimum atomic E-state index is -1.11. The average Bonchev–Trinajstić information content (AvgIpc) is 3.25. The highest BCUT2D eigenvalue weighted by Crippen LogP contribution is 2.39. The molecule has 3 aliphatic heterocycles. The Bertz CT molecular complexity index is 1540. The molecule has 3 heterocycles. The predicted octanol–water partition coefficient (Wildman–Crippen LogP) is 2.36. The lowest BCUT2D eigenvalue weighted by molar-refractivity contribution is -0.160. The van der Waals surface area contributed by atoms with Crippen molar-refractivity contribution >= 4 is 30.0 Å². The molecule has 3 amide bonds. The number of hydrogen-bond acceptors (Lipinski definition) is 10. The summed E-state index contributed by atoms with van der Waals surface area (Å²) in [5.41, 5.74) is 0.739. The zero-order valence-electron chi connectivity index (χ0n) is 21.5. The van der Waals surface area contributed by atoms with E-state index in [1.54, 1.807) is 12.1 Å². The molecule has 1 saturated heterocycles. The van der Waals surface area contributed by atoms with Crippen molar-refractivity contribution in [3.8, 4) is 23.0 Å². The molecule has 3 aliphatic rings. The summed E-state index contributed by atoms with van der Waals surface area (Å²) in [4.78, 5) is 64.2. The number of rotatable bonds is 7. The average molecular weight is 546 g/mol. The van der Waals surface area contributed by atoms with Crippen molar-refractivity contribution in [2.75, 3.05) is 21.3 Å². The quantitative estimate of drug-likeness (QED) is 0.220. The molecule has 0 bridgehead atoms. The third kappa shape index (κ3) is 4.45. The van der Waals surface area contributed by atoms with Gasteiger partial charge in [0.05, 0.1) is 32.3 Å². The summed E-state index contributed by atoms with van der Waals surface area (Å²) >= 11 is 0. The van der Waals surface area contributed by atoms with Gasteiger partial charge in [-0.1, -0.05) is 0 Å². The van der Waals surface area contributed by atoms with E-state index in [1.807, 2.05) is 0 Å². The normalized spacial score (nSPS) is 19.5. The fourth-order valence-electron chi connectivity index (χ4n) is 4.45. The molecule has 2 aromatic rings. The van der Waals surface area contributed by atoms with Crippen LogP contribution in [0.25, 0.3) is 0 Å². The molecule has 2 aromatic carbocycles. The molecule has 204 valence electrons. The summed E-state index contributed by atoms with van der Waals surface area (Å²) in [5, 5.41) is 0. The summed E-state index contributed by atoms with van der Waals surface area (Å²) in [5.74, 6) is -2.44. The number of methoxy groups -OCH3 is 2. The Hall–Kier alpha value is -5.39. The van der Waals surface area contributed by atoms with E-state index in [-0.39, 0.29) is 28.5 Å². The van der Waals surface area contributed by atoms with Crippen molar-refractivity contribution in [2.45, 2.75) is 12.1 Å². The van der Waals surface area contributed by atoms with Gasteiger partial charge in [0.25, 0.3) is 5.91 Å². The van der Waals surface area contributed by atoms with Crippen molar-refractivity contribution in [1.29, 1.82) is 0 Å². The van der Waals surface area contributed by atoms with Crippen LogP contribution in [0.5, 0.6) is 23.0 Å². The monoisotopic (exact) mass is 546 g/mol. The first-order chi connectivity index (χ1) is 19.3. The lowest BCUT2D eigenvalue weighted by Gasteiger charge is -2.35. The summed E-state index contributed by atoms with van der Waals surface area (Å²) in [7, 11) is 4.07. The van der Waals surface area contributed by atoms with E-state index >= 15 is 0 Å². The van der Waals surface area contributed by atoms with Gasteiger partial charge < -0.3 is 23.7 Å². The number of esters is 1. The number of likely N-dealkylation sites (N-methyl/N-ethyl adjacent to an activating group) is 1. The number of ether oxygens (including phenoxy) is 5. The van der Waals surface area contributed by atoms with Crippen LogP contribution in [-0.4, -0.2) is 73.2 Å². The van der Waals surface area contributed by atoms with Crippen LogP contribution in [0.15, 0.2) is 72.3 Å². The van der Waals surface area contributed by atoms with Crippen LogP contribution in [0.2, 0.25) is 0 Å². The van der Waals surface area contributed by atoms with Gasteiger partial charge in [-0.25, -0.2) is 4.79 Å². The Kier molecular flexibility index (Phi) is 6.82. The smallest absolute Gasteiger partial charge is 0.338 e. The molecule has 1 fully saturated rings. The van der Waals surface area contributed by atoms with Gasteiger partial charge in [0.2, 0.25) is 0 Å². The van der Waals surface area contributed by atoms with Gasteiger partial charge in [0.1, 0.15) is 24.1 Å². The Morgan fingerprint density at radius 3 is 2.33 bits per heavy atom. The maximum Gasteiger partial charge on any atom is 0.338 e. The van der Waals surface area contributed by atoms with Crippen molar-refractivity contribution in [3.05, 3.63) is 83.5 Å². The van der Waals surface area contributed by atoms with Gasteiger partial charge in [0.15, 0.2) is 23.0 Å². The Labute approximate surface area is 227 Å². The van der Waals surface area contributed by atoms with Crippen molar-refractivity contribution in [1.82, 2.24) is 9.80 Å². The molecule has 40 heavy (non-hydrogen) atoms. The number of hydrogen-bond donors (Lipinski definition) is 0. The second-order valence-electron chi connectivity index (χ2n) is 8.77. The van der Waals surface area contributed by atoms with E-state index in [0.29, 0.717) is 23.2 Å². The number of amides is 3. The van der Waals surface area contributed by atoms with Gasteiger partial charge in [0, 0.05) is 18.2 Å². The third-order valence-corrected chi connectivity index (χ3v) is 6.46. The third-order valence-electron chi connectivity index (χ3n) is 6.46. The number of nitrogens with zero attached hydrogens (tertiary/aromatic N) is 2. The number of benzene rings is 2. The molecule has 0 N–H and O–H groups in total. The zero-order chi connectivity index (χ0) is 28.6. The van der Waals surface area contributed by atoms with E-state index in [4.69, 9.17) is 23.7 Å². The van der Waals surface area contributed by atoms with E-state index in [9.17, 15) is 24.0 Å². The standard InChI is InChI=1S/C28H22N2O10/c1-29-25(32)18-11-17-14-38-9-8-21(24(17)30(18)27(34)26(29)33)40-28(35)16-5-7-20(37-3)23(12-16)39-22-10-15(13-31)4-6-19(22)36-2/h4-14,21,24H,1-3H3. The second kappa shape index (κ2) is 10.4. The Balaban J connectivity index is 1.43. The molecular weight excluding hydrogens is 524 g/mol. The topological polar surface area (TPSA) is 138 Å². The van der Waals surface area contributed by atoms with Crippen molar-refractivity contribution in [2.24, 2.45) is 0 Å². The molecule has 2 unspecified atom stereocenters. The number of piperazine rings is 1. The number of aldehydes is 1. The fraction of sp³-hybridized carbons (Fsp3) is 0.179. The van der Waals surface area contributed by atoms with Crippen LogP contribution in [0.1, 0.15) is 20.7 Å². The number of imide groups is 1. The summed E-state index contributed by atoms with van der Waals surface area (Å²) in [6.45, 7) is 0. The fourth-order valence-corrected chi connectivity index (χ4v) is 4.45. The second-order valence-corrected chi connectivity index (χ2v) is 8.77. The lowest BCUT2D eigenvalue weighted by atomic mass is 10.0. The Morgan fingerprint density at radius 1 is 0.925 bits per heavy atom. The van der Waals surface area contributed by atoms with Crippen LogP contribution in [0.3, 0.4) is 0 Å². The molecular formula is C28H22N2O10. The SMILES string of the molecule is COc1ccc(C=O)cc1Oc1cc(C(=O)OC2C=COC=C3C=C4C(=O)N(C)C(=O)C(=O)N4C32)ccc1OC. The first kappa shape index (κ1) is 26.2. The van der Waals surface area contributed by atoms with E-state index in [0.717, 1.165) is 9.80 Å². The van der Waals surface area contributed by atoms with Crippen LogP contribution in [-0.2, 0) is 23.9 Å². The molecule has 0 aromatic heterocycles. The summed E-state index contributed by atoms with van der Waals surface area (Å²) in [6.07, 6.45) is 4.95. The predicted molar refractivity (Wildman–Crippen MR) is 135 cm³/mol. The highest BCUT2D eigenvalue weighted by Gasteiger charge is 2.51. The van der Waals surface area contributed by atoms with E-state index in [2.05, 4.69) is 0 Å². The van der Waals surface area contributed by atoms with Gasteiger partial charge in [-0.05, 0) is 48.6 Å². The minimum Gasteiger partial charge on any atom is -0.493 e. The molecule has 0 radical (unpaired) electrons. The first-order valence-corrected chi connectivity index (χ1v) is 11.9. The Morgan fingerprint density at radius 2 is 1.62 bits per heavy atom. The largest absolute Gasteiger partial charge is 0.493 e. The maximum atomic E-state index is 13.3. The highest BCUT2D eigenvalue weighted by molar-refractivity contribution is 6.42. The number of fused-ring (bicyclic) bond motifs is 3. The summed E-state index contributed by atoms with van der Waals surface area (Å²) in [6, 6.07) is 7.93. The lowest BCUT2D eigenvalue weighted by Crippen LogP contribution is -2.57. The number of carbonyl (C=O) groups excluding carboxylic acids is 5. The minimum absolute atomic E-state index is 0.0325. The van der Waals surface area contributed by atoms with Gasteiger partial charge >= 0.3 is 17.8 Å². The van der Waals surface area contributed by atoms with Crippen LogP contribution >= 0.6 is 0 Å². The molecule has 5 rings (SSSR count). The molecule has 12 heteroatoms. The van der Waals surface area contributed by atoms with Crippen LogP contribution in [0, 0.1) is 0 Å². The highest BCUT2D eigenvalue weighted by atomic mass is 16.6. The van der Waals surface area contributed by atoms with Crippen LogP contribution in [0.4, 0.5) is 0 Å². The van der Waals surface area contributed by atoms with Crippen molar-refractivity contribution < 1.29 is 47.7 Å². The first-order valence-electron chi connectivity index (χ1n) is 11.9. The molecule has 0 aliphatic carbocycles. The summed E-state index contributed by atoms with van der Waals surface area (Å²) < 4.78 is 27.7. The van der Waals surface area contributed by atoms with Gasteiger partial charge in [-0.2, -0.15) is 0 Å². The van der Waals surface area contributed by atoms with E-state index in [1.165, 1.54) is 70.2 Å². The van der Waals surface area contributed by atoms with E-state index < -0.39 is 35.8 Å². The number of carbonyl (C=O) groups is 5. The molecule has 0 spiro atoms. The van der Waals surface area contributed by atoms with Crippen molar-refractivity contribution in [3.63, 3.8) is 0 Å². The van der Waals surface area contributed by atoms with Crippen LogP contribution < -0.4 is 14.2 Å². The molecule has 2 atom stereocenters. The molecule has 0 saturated carbocycles. The van der Waals surface area contributed by atoms with Gasteiger partial charge in [-0.15, -0.1) is 0 Å². The molecule has 12 nitrogen and oxygen atoms in total. The zero-order valence-corrected chi connectivity index (χ0v) is 21.5. The van der Waals surface area contributed by atoms with Gasteiger partial charge in [-0.3, -0.25) is 29.0 Å².